The maximum Gasteiger partial charge on any atom is 0.283 e. The van der Waals surface area contributed by atoms with Gasteiger partial charge in [-0.2, -0.15) is 8.42 Å². The average Bonchev–Trinajstić information content (AvgIpc) is 3.37. The average molecular weight is 445 g/mol. The van der Waals surface area contributed by atoms with E-state index in [-0.39, 0.29) is 16.7 Å². The second-order valence-corrected chi connectivity index (χ2v) is 10.5. The van der Waals surface area contributed by atoms with Crippen molar-refractivity contribution < 1.29 is 12.8 Å². The molecule has 1 N–H and O–H groups in total. The zero-order chi connectivity index (χ0) is 19.9. The lowest BCUT2D eigenvalue weighted by molar-refractivity contribution is 0.174. The molecule has 2 fully saturated rings. The van der Waals surface area contributed by atoms with Gasteiger partial charge < -0.3 is 5.32 Å². The van der Waals surface area contributed by atoms with Crippen molar-refractivity contribution in [2.45, 2.75) is 49.1 Å². The minimum absolute atomic E-state index is 0.0681. The van der Waals surface area contributed by atoms with Crippen molar-refractivity contribution in [2.24, 2.45) is 0 Å². The van der Waals surface area contributed by atoms with Crippen LogP contribution in [-0.2, 0) is 10.0 Å². The van der Waals surface area contributed by atoms with Crippen molar-refractivity contribution in [3.8, 4) is 0 Å². The summed E-state index contributed by atoms with van der Waals surface area (Å²) >= 11 is 6.98. The highest BCUT2D eigenvalue weighted by Crippen LogP contribution is 2.42. The summed E-state index contributed by atoms with van der Waals surface area (Å²) in [7, 11) is -4.23. The molecule has 3 heterocycles. The molecule has 0 bridgehead atoms. The Kier molecular flexibility index (Phi) is 5.28. The van der Waals surface area contributed by atoms with E-state index in [1.165, 1.54) is 31.2 Å². The maximum absolute atomic E-state index is 14.7. The largest absolute Gasteiger partial charge is 0.381 e. The molecule has 152 valence electrons. The summed E-state index contributed by atoms with van der Waals surface area (Å²) in [6.07, 6.45) is 6.06. The molecule has 2 aliphatic heterocycles. The van der Waals surface area contributed by atoms with Gasteiger partial charge in [-0.15, -0.1) is 15.2 Å². The second-order valence-electron chi connectivity index (χ2n) is 7.34. The number of benzene rings is 1. The Morgan fingerprint density at radius 1 is 1.36 bits per heavy atom. The predicted octanol–water partition coefficient (Wildman–Crippen LogP) is 4.06. The molecule has 28 heavy (non-hydrogen) atoms. The Morgan fingerprint density at radius 2 is 2.07 bits per heavy atom. The monoisotopic (exact) mass is 444 g/mol. The standard InChI is InChI=1S/C18H22ClFN4O2S2/c1-13(18-6-2-9-23(18)10-3-7-18)22-14-4-5-16(15(20)12-14)28(25,26)24(19)17-21-8-11-27-17/h4-5,8,11-13,22H,2-3,6-7,9-10H2,1H3. The van der Waals surface area contributed by atoms with Crippen LogP contribution < -0.4 is 9.14 Å². The van der Waals surface area contributed by atoms with E-state index < -0.39 is 20.7 Å². The second kappa shape index (κ2) is 7.44. The molecule has 1 atom stereocenters. The van der Waals surface area contributed by atoms with Crippen molar-refractivity contribution in [3.05, 3.63) is 35.6 Å². The van der Waals surface area contributed by atoms with Gasteiger partial charge in [-0.25, -0.2) is 9.37 Å². The summed E-state index contributed by atoms with van der Waals surface area (Å²) in [5, 5.41) is 5.05. The summed E-state index contributed by atoms with van der Waals surface area (Å²) in [4.78, 5) is 5.91. The van der Waals surface area contributed by atoms with Gasteiger partial charge in [-0.3, -0.25) is 4.90 Å². The molecule has 0 saturated carbocycles. The third kappa shape index (κ3) is 3.28. The van der Waals surface area contributed by atoms with Gasteiger partial charge in [-0.05, 0) is 63.9 Å². The van der Waals surface area contributed by atoms with Gasteiger partial charge in [0.1, 0.15) is 10.7 Å². The highest BCUT2D eigenvalue weighted by Gasteiger charge is 2.48. The van der Waals surface area contributed by atoms with Crippen molar-refractivity contribution in [1.82, 2.24) is 9.88 Å². The summed E-state index contributed by atoms with van der Waals surface area (Å²) in [6, 6.07) is 4.20. The van der Waals surface area contributed by atoms with Gasteiger partial charge in [0.2, 0.25) is 5.13 Å². The van der Waals surface area contributed by atoms with Crippen LogP contribution in [0.25, 0.3) is 0 Å². The number of thiazole rings is 1. The Balaban J connectivity index is 1.55. The van der Waals surface area contributed by atoms with E-state index in [4.69, 9.17) is 11.8 Å². The maximum atomic E-state index is 14.7. The number of rotatable bonds is 6. The van der Waals surface area contributed by atoms with Crippen molar-refractivity contribution in [1.29, 1.82) is 0 Å². The van der Waals surface area contributed by atoms with Gasteiger partial charge in [0.05, 0.1) is 0 Å². The van der Waals surface area contributed by atoms with Crippen LogP contribution in [0.1, 0.15) is 32.6 Å². The number of halogens is 2. The molecule has 0 amide bonds. The molecular weight excluding hydrogens is 423 g/mol. The molecule has 1 aromatic carbocycles. The van der Waals surface area contributed by atoms with Crippen LogP contribution in [0.3, 0.4) is 0 Å². The summed E-state index contributed by atoms with van der Waals surface area (Å²) in [6.45, 7) is 4.34. The number of hydrogen-bond acceptors (Lipinski definition) is 6. The molecule has 1 aromatic heterocycles. The Bertz CT molecular complexity index is 945. The molecule has 1 unspecified atom stereocenters. The lowest BCUT2D eigenvalue weighted by Crippen LogP contribution is -2.50. The van der Waals surface area contributed by atoms with Gasteiger partial charge in [0.15, 0.2) is 0 Å². The third-order valence-corrected chi connectivity index (χ3v) is 9.04. The minimum atomic E-state index is -4.23. The van der Waals surface area contributed by atoms with Crippen LogP contribution >= 0.6 is 23.1 Å². The first kappa shape index (κ1) is 19.9. The Labute approximate surface area is 173 Å². The third-order valence-electron chi connectivity index (χ3n) is 5.88. The number of anilines is 2. The molecule has 2 saturated heterocycles. The molecule has 4 rings (SSSR count). The zero-order valence-corrected chi connectivity index (χ0v) is 17.8. The molecule has 0 spiro atoms. The van der Waals surface area contributed by atoms with Gasteiger partial charge >= 0.3 is 0 Å². The summed E-state index contributed by atoms with van der Waals surface area (Å²) in [5.41, 5.74) is 0.673. The SMILES string of the molecule is CC(Nc1ccc(S(=O)(=O)N(Cl)c2nccs2)c(F)c1)C12CCCN1CCC2. The number of aromatic nitrogens is 1. The van der Waals surface area contributed by atoms with Crippen LogP contribution in [0, 0.1) is 5.82 Å². The van der Waals surface area contributed by atoms with E-state index >= 15 is 0 Å². The van der Waals surface area contributed by atoms with Crippen LogP contribution in [0.4, 0.5) is 15.2 Å². The number of nitrogens with zero attached hydrogens (tertiary/aromatic N) is 3. The highest BCUT2D eigenvalue weighted by molar-refractivity contribution is 7.94. The van der Waals surface area contributed by atoms with Crippen LogP contribution in [0.5, 0.6) is 0 Å². The molecule has 6 nitrogen and oxygen atoms in total. The number of fused-ring (bicyclic) bond motifs is 1. The highest BCUT2D eigenvalue weighted by atomic mass is 35.5. The first-order valence-electron chi connectivity index (χ1n) is 9.26. The Morgan fingerprint density at radius 3 is 2.68 bits per heavy atom. The minimum Gasteiger partial charge on any atom is -0.381 e. The van der Waals surface area contributed by atoms with Crippen LogP contribution in [-0.4, -0.2) is 43.0 Å². The molecule has 0 aliphatic carbocycles. The van der Waals surface area contributed by atoms with Crippen LogP contribution in [0.2, 0.25) is 0 Å². The van der Waals surface area contributed by atoms with E-state index in [0.29, 0.717) is 9.51 Å². The van der Waals surface area contributed by atoms with E-state index in [1.807, 2.05) is 0 Å². The molecule has 0 radical (unpaired) electrons. The molecule has 2 aromatic rings. The van der Waals surface area contributed by atoms with Crippen LogP contribution in [0.15, 0.2) is 34.7 Å². The lowest BCUT2D eigenvalue weighted by atomic mass is 9.86. The fourth-order valence-electron chi connectivity index (χ4n) is 4.53. The predicted molar refractivity (Wildman–Crippen MR) is 110 cm³/mol. The summed E-state index contributed by atoms with van der Waals surface area (Å²) in [5.74, 6) is -0.841. The van der Waals surface area contributed by atoms with E-state index in [0.717, 1.165) is 37.3 Å². The number of hydrogen-bond donors (Lipinski definition) is 1. The summed E-state index contributed by atoms with van der Waals surface area (Å²) < 4.78 is 40.5. The first-order chi connectivity index (χ1) is 13.3. The smallest absolute Gasteiger partial charge is 0.283 e. The van der Waals surface area contributed by atoms with Crippen molar-refractivity contribution >= 4 is 44.0 Å². The first-order valence-corrected chi connectivity index (χ1v) is 11.9. The van der Waals surface area contributed by atoms with Gasteiger partial charge in [-0.1, -0.05) is 0 Å². The zero-order valence-electron chi connectivity index (χ0n) is 15.4. The molecule has 10 heteroatoms. The van der Waals surface area contributed by atoms with Crippen molar-refractivity contribution in [3.63, 3.8) is 0 Å². The Hall–Kier alpha value is -1.42. The van der Waals surface area contributed by atoms with E-state index in [1.54, 1.807) is 11.4 Å². The van der Waals surface area contributed by atoms with E-state index in [9.17, 15) is 12.8 Å². The normalized spacial score (nSPS) is 20.1. The van der Waals surface area contributed by atoms with Crippen molar-refractivity contribution in [2.75, 3.05) is 22.2 Å². The molecular formula is C18H22ClFN4O2S2. The van der Waals surface area contributed by atoms with Gasteiger partial charge in [0.25, 0.3) is 10.0 Å². The fourth-order valence-corrected chi connectivity index (χ4v) is 6.76. The van der Waals surface area contributed by atoms with E-state index in [2.05, 4.69) is 22.1 Å². The lowest BCUT2D eigenvalue weighted by Gasteiger charge is -2.39. The molecule has 2 aliphatic rings. The quantitative estimate of drug-likeness (QED) is 0.680. The topological polar surface area (TPSA) is 65.5 Å². The number of sulfonamides is 1. The fraction of sp³-hybridized carbons (Fsp3) is 0.500. The van der Waals surface area contributed by atoms with Gasteiger partial charge in [0, 0.05) is 40.6 Å². The number of nitrogens with one attached hydrogen (secondary N) is 1.